The Labute approximate surface area is 120 Å². The van der Waals surface area contributed by atoms with Crippen molar-refractivity contribution in [2.75, 3.05) is 12.3 Å². The summed E-state index contributed by atoms with van der Waals surface area (Å²) in [6.07, 6.45) is 1.65. The van der Waals surface area contributed by atoms with E-state index in [0.29, 0.717) is 13.1 Å². The molecule has 0 spiro atoms. The van der Waals surface area contributed by atoms with Gasteiger partial charge in [-0.3, -0.25) is 0 Å². The number of nitrogens with zero attached hydrogens (tertiary/aromatic N) is 2. The predicted molar refractivity (Wildman–Crippen MR) is 81.0 cm³/mol. The summed E-state index contributed by atoms with van der Waals surface area (Å²) in [6.45, 7) is 3.84. The third-order valence-electron chi connectivity index (χ3n) is 3.96. The maximum absolute atomic E-state index is 12.3. The van der Waals surface area contributed by atoms with Gasteiger partial charge < -0.3 is 4.57 Å². The van der Waals surface area contributed by atoms with Gasteiger partial charge in [-0.25, -0.2) is 8.42 Å². The van der Waals surface area contributed by atoms with Crippen LogP contribution in [0.2, 0.25) is 0 Å². The zero-order valence-electron chi connectivity index (χ0n) is 11.7. The second kappa shape index (κ2) is 5.22. The molecule has 0 bridgehead atoms. The molecule has 0 aliphatic carbocycles. The van der Waals surface area contributed by atoms with E-state index < -0.39 is 10.0 Å². The third-order valence-corrected chi connectivity index (χ3v) is 5.86. The van der Waals surface area contributed by atoms with Crippen molar-refractivity contribution < 1.29 is 8.42 Å². The molecule has 5 heteroatoms. The molecule has 1 aromatic carbocycles. The summed E-state index contributed by atoms with van der Waals surface area (Å²) in [5, 5.41) is 1.19. The summed E-state index contributed by atoms with van der Waals surface area (Å²) in [5.41, 5.74) is 2.30. The lowest BCUT2D eigenvalue weighted by Crippen LogP contribution is -2.39. The molecule has 2 aromatic rings. The number of fused-ring (bicyclic) bond motifs is 3. The van der Waals surface area contributed by atoms with Gasteiger partial charge in [0.05, 0.1) is 12.3 Å². The van der Waals surface area contributed by atoms with Gasteiger partial charge in [0.2, 0.25) is 10.0 Å². The van der Waals surface area contributed by atoms with Gasteiger partial charge in [0.1, 0.15) is 0 Å². The van der Waals surface area contributed by atoms with E-state index in [9.17, 15) is 8.42 Å². The largest absolute Gasteiger partial charge is 0.342 e. The molecule has 2 heterocycles. The molecule has 108 valence electrons. The maximum atomic E-state index is 12.3. The zero-order valence-corrected chi connectivity index (χ0v) is 12.6. The highest BCUT2D eigenvalue weighted by molar-refractivity contribution is 7.89. The molecule has 3 rings (SSSR count). The zero-order chi connectivity index (χ0) is 14.2. The van der Waals surface area contributed by atoms with E-state index in [4.69, 9.17) is 0 Å². The monoisotopic (exact) mass is 292 g/mol. The molecular formula is C15H20N2O2S. The average molecular weight is 292 g/mol. The van der Waals surface area contributed by atoms with Gasteiger partial charge in [-0.15, -0.1) is 0 Å². The molecule has 0 saturated carbocycles. The van der Waals surface area contributed by atoms with Crippen molar-refractivity contribution in [3.63, 3.8) is 0 Å². The number of sulfonamides is 1. The van der Waals surface area contributed by atoms with E-state index in [0.717, 1.165) is 25.1 Å². The number of benzene rings is 1. The highest BCUT2D eigenvalue weighted by atomic mass is 32.2. The Morgan fingerprint density at radius 3 is 2.80 bits per heavy atom. The summed E-state index contributed by atoms with van der Waals surface area (Å²) in [6, 6.07) is 10.3. The number of hydrogen-bond donors (Lipinski definition) is 0. The molecular weight excluding hydrogens is 272 g/mol. The van der Waals surface area contributed by atoms with Gasteiger partial charge >= 0.3 is 0 Å². The van der Waals surface area contributed by atoms with Gasteiger partial charge in [-0.2, -0.15) is 4.31 Å². The van der Waals surface area contributed by atoms with Crippen LogP contribution in [0.1, 0.15) is 25.5 Å². The van der Waals surface area contributed by atoms with Crippen molar-refractivity contribution in [1.29, 1.82) is 0 Å². The Bertz CT molecular complexity index is 719. The van der Waals surface area contributed by atoms with Crippen molar-refractivity contribution in [1.82, 2.24) is 8.87 Å². The summed E-state index contributed by atoms with van der Waals surface area (Å²) < 4.78 is 28.4. The Morgan fingerprint density at radius 1 is 1.20 bits per heavy atom. The van der Waals surface area contributed by atoms with Crippen molar-refractivity contribution in [3.05, 3.63) is 36.0 Å². The molecule has 0 radical (unpaired) electrons. The molecule has 0 atom stereocenters. The number of para-hydroxylation sites is 1. The van der Waals surface area contributed by atoms with E-state index in [1.165, 1.54) is 10.9 Å². The van der Waals surface area contributed by atoms with Gasteiger partial charge in [0.15, 0.2) is 0 Å². The van der Waals surface area contributed by atoms with E-state index in [1.807, 2.05) is 19.1 Å². The first kappa shape index (κ1) is 13.6. The van der Waals surface area contributed by atoms with Crippen LogP contribution in [0.5, 0.6) is 0 Å². The number of hydrogen-bond acceptors (Lipinski definition) is 2. The molecule has 0 unspecified atom stereocenters. The van der Waals surface area contributed by atoms with Gasteiger partial charge in [0.25, 0.3) is 0 Å². The maximum Gasteiger partial charge on any atom is 0.214 e. The molecule has 0 amide bonds. The lowest BCUT2D eigenvalue weighted by molar-refractivity contribution is 0.345. The Morgan fingerprint density at radius 2 is 2.00 bits per heavy atom. The van der Waals surface area contributed by atoms with E-state index >= 15 is 0 Å². The SMILES string of the molecule is CCCCS(=O)(=O)N1CCn2c(cc3ccccc32)C1. The molecule has 20 heavy (non-hydrogen) atoms. The highest BCUT2D eigenvalue weighted by Gasteiger charge is 2.27. The molecule has 0 fully saturated rings. The van der Waals surface area contributed by atoms with Crippen LogP contribution < -0.4 is 0 Å². The van der Waals surface area contributed by atoms with Crippen LogP contribution in [-0.2, 0) is 23.1 Å². The van der Waals surface area contributed by atoms with Gasteiger partial charge in [0, 0.05) is 24.3 Å². The Hall–Kier alpha value is -1.33. The minimum absolute atomic E-state index is 0.268. The highest BCUT2D eigenvalue weighted by Crippen LogP contribution is 2.25. The topological polar surface area (TPSA) is 42.3 Å². The standard InChI is InChI=1S/C15H20N2O2S/c1-2-3-10-20(18,19)16-8-9-17-14(12-16)11-13-6-4-5-7-15(13)17/h4-7,11H,2-3,8-10,12H2,1H3. The minimum Gasteiger partial charge on any atom is -0.342 e. The second-order valence-electron chi connectivity index (χ2n) is 5.35. The molecule has 1 aromatic heterocycles. The first-order valence-corrected chi connectivity index (χ1v) is 8.78. The smallest absolute Gasteiger partial charge is 0.214 e. The first-order valence-electron chi connectivity index (χ1n) is 7.17. The van der Waals surface area contributed by atoms with E-state index in [-0.39, 0.29) is 5.75 Å². The fraction of sp³-hybridized carbons (Fsp3) is 0.467. The lowest BCUT2D eigenvalue weighted by Gasteiger charge is -2.28. The van der Waals surface area contributed by atoms with Crippen molar-refractivity contribution in [2.24, 2.45) is 0 Å². The Balaban J connectivity index is 1.89. The lowest BCUT2D eigenvalue weighted by atomic mass is 10.2. The first-order chi connectivity index (χ1) is 9.62. The van der Waals surface area contributed by atoms with Crippen LogP contribution in [0.15, 0.2) is 30.3 Å². The van der Waals surface area contributed by atoms with Crippen LogP contribution in [0, 0.1) is 0 Å². The minimum atomic E-state index is -3.11. The fourth-order valence-electron chi connectivity index (χ4n) is 2.83. The summed E-state index contributed by atoms with van der Waals surface area (Å²) in [5.74, 6) is 0.268. The summed E-state index contributed by atoms with van der Waals surface area (Å²) in [7, 11) is -3.11. The van der Waals surface area contributed by atoms with Gasteiger partial charge in [-0.1, -0.05) is 31.5 Å². The average Bonchev–Trinajstić information content (AvgIpc) is 2.83. The predicted octanol–water partition coefficient (Wildman–Crippen LogP) is 2.59. The molecule has 0 saturated heterocycles. The van der Waals surface area contributed by atoms with Crippen molar-refractivity contribution in [3.8, 4) is 0 Å². The Kier molecular flexibility index (Phi) is 3.56. The van der Waals surface area contributed by atoms with Crippen LogP contribution in [0.4, 0.5) is 0 Å². The summed E-state index contributed by atoms with van der Waals surface area (Å²) in [4.78, 5) is 0. The number of aromatic nitrogens is 1. The van der Waals surface area contributed by atoms with Crippen LogP contribution in [-0.4, -0.2) is 29.6 Å². The van der Waals surface area contributed by atoms with Gasteiger partial charge in [-0.05, 0) is 23.9 Å². The van der Waals surface area contributed by atoms with E-state index in [1.54, 1.807) is 4.31 Å². The molecule has 1 aliphatic rings. The van der Waals surface area contributed by atoms with Crippen molar-refractivity contribution in [2.45, 2.75) is 32.9 Å². The summed E-state index contributed by atoms with van der Waals surface area (Å²) >= 11 is 0. The van der Waals surface area contributed by atoms with Crippen LogP contribution in [0.3, 0.4) is 0 Å². The second-order valence-corrected chi connectivity index (χ2v) is 7.44. The quantitative estimate of drug-likeness (QED) is 0.869. The number of unbranched alkanes of at least 4 members (excludes halogenated alkanes) is 1. The normalized spacial score (nSPS) is 16.4. The third kappa shape index (κ3) is 2.36. The molecule has 1 aliphatic heterocycles. The van der Waals surface area contributed by atoms with Crippen LogP contribution in [0.25, 0.3) is 10.9 Å². The fourth-order valence-corrected chi connectivity index (χ4v) is 4.43. The van der Waals surface area contributed by atoms with Crippen molar-refractivity contribution >= 4 is 20.9 Å². The molecule has 4 nitrogen and oxygen atoms in total. The van der Waals surface area contributed by atoms with E-state index in [2.05, 4.69) is 22.8 Å². The number of rotatable bonds is 4. The van der Waals surface area contributed by atoms with Crippen LogP contribution >= 0.6 is 0 Å². The molecule has 0 N–H and O–H groups in total.